The molecule has 7 amide bonds. The van der Waals surface area contributed by atoms with E-state index in [0.29, 0.717) is 24.0 Å². The Balaban J connectivity index is 1.56. The van der Waals surface area contributed by atoms with E-state index >= 15 is 0 Å². The second-order valence-electron chi connectivity index (χ2n) is 17.5. The van der Waals surface area contributed by atoms with Crippen LogP contribution in [0.1, 0.15) is 49.8 Å². The van der Waals surface area contributed by atoms with Crippen molar-refractivity contribution in [3.05, 3.63) is 108 Å². The van der Waals surface area contributed by atoms with Crippen molar-refractivity contribution in [1.82, 2.24) is 42.2 Å². The molecular formula is C49H66N10O10S2. The van der Waals surface area contributed by atoms with Crippen molar-refractivity contribution in [1.29, 1.82) is 0 Å². The summed E-state index contributed by atoms with van der Waals surface area (Å²) >= 11 is 0. The van der Waals surface area contributed by atoms with Crippen molar-refractivity contribution in [2.75, 3.05) is 24.7 Å². The fourth-order valence-corrected chi connectivity index (χ4v) is 10.1. The predicted octanol–water partition coefficient (Wildman–Crippen LogP) is -0.805. The van der Waals surface area contributed by atoms with E-state index in [1.54, 1.807) is 60.8 Å². The second-order valence-corrected chi connectivity index (χ2v) is 20.0. The van der Waals surface area contributed by atoms with Crippen LogP contribution in [0.5, 0.6) is 0 Å². The molecule has 1 aliphatic rings. The molecule has 1 saturated heterocycles. The molecule has 1 fully saturated rings. The first-order valence-corrected chi connectivity index (χ1v) is 26.0. The molecule has 0 radical (unpaired) electrons. The quantitative estimate of drug-likeness (QED) is 0.0455. The Hall–Kier alpha value is -6.01. The topological polar surface area (TPSA) is 332 Å². The van der Waals surface area contributed by atoms with E-state index in [1.807, 2.05) is 30.3 Å². The van der Waals surface area contributed by atoms with Crippen LogP contribution in [0.2, 0.25) is 0 Å². The molecule has 1 aliphatic heterocycles. The third kappa shape index (κ3) is 17.1. The third-order valence-corrected chi connectivity index (χ3v) is 14.3. The number of aliphatic hydroxyl groups excluding tert-OH is 3. The van der Waals surface area contributed by atoms with Gasteiger partial charge in [0.2, 0.25) is 41.4 Å². The van der Waals surface area contributed by atoms with Gasteiger partial charge in [0.25, 0.3) is 0 Å². The first-order valence-electron chi connectivity index (χ1n) is 23.5. The number of nitrogens with two attached hydrogens (primary N) is 2. The van der Waals surface area contributed by atoms with Crippen LogP contribution in [0, 0.1) is 0 Å². The minimum atomic E-state index is -1.66. The molecule has 3 aromatic carbocycles. The van der Waals surface area contributed by atoms with E-state index in [1.165, 1.54) is 13.8 Å². The molecule has 4 aromatic rings. The molecule has 0 spiro atoms. The number of H-pyrrole nitrogens is 1. The average molecular weight is 1020 g/mol. The molecule has 10 atom stereocenters. The number of aromatic amines is 1. The zero-order chi connectivity index (χ0) is 51.5. The summed E-state index contributed by atoms with van der Waals surface area (Å²) in [5.74, 6) is -6.01. The molecule has 15 N–H and O–H groups in total. The molecule has 0 saturated carbocycles. The van der Waals surface area contributed by atoms with Crippen LogP contribution in [-0.4, -0.2) is 147 Å². The minimum Gasteiger partial charge on any atom is -0.394 e. The van der Waals surface area contributed by atoms with Gasteiger partial charge in [-0.3, -0.25) is 33.6 Å². The zero-order valence-corrected chi connectivity index (χ0v) is 41.3. The summed E-state index contributed by atoms with van der Waals surface area (Å²) < 4.78 is 0. The number of carbonyl (C=O) groups excluding carboxylic acids is 7. The number of carbonyl (C=O) groups is 7. The van der Waals surface area contributed by atoms with Gasteiger partial charge in [-0.05, 0) is 68.8 Å². The Labute approximate surface area is 420 Å². The van der Waals surface area contributed by atoms with Crippen molar-refractivity contribution in [2.24, 2.45) is 11.5 Å². The Bertz CT molecular complexity index is 2400. The number of hydrogen-bond donors (Lipinski definition) is 13. The molecule has 0 aliphatic carbocycles. The highest BCUT2D eigenvalue weighted by atomic mass is 33.1. The number of aromatic nitrogens is 1. The van der Waals surface area contributed by atoms with Gasteiger partial charge in [-0.2, -0.15) is 0 Å². The van der Waals surface area contributed by atoms with Gasteiger partial charge in [0.05, 0.1) is 30.9 Å². The highest BCUT2D eigenvalue weighted by Gasteiger charge is 2.36. The largest absolute Gasteiger partial charge is 0.394 e. The lowest BCUT2D eigenvalue weighted by Crippen LogP contribution is -2.62. The number of aliphatic hydroxyl groups is 3. The van der Waals surface area contributed by atoms with Crippen molar-refractivity contribution in [3.63, 3.8) is 0 Å². The summed E-state index contributed by atoms with van der Waals surface area (Å²) in [6.45, 7) is 2.23. The summed E-state index contributed by atoms with van der Waals surface area (Å²) in [6, 6.07) is 14.6. The van der Waals surface area contributed by atoms with Gasteiger partial charge in [-0.25, -0.2) is 0 Å². The SMILES string of the molecule is C[C@@H](O)[C@@H]1NC(=O)[C@H](CCCCN)NC(=O)C(Cc2c[nH]c3ccccc23)NC(=O)[C@H](Cc2ccccc2)NC(=O)C(NC(=O)[C@H](N)Cc2ccccc2)CSSCC(C(=O)N[C@H](CO)[C@@H](C)O)NC1=O. The average Bonchev–Trinajstić information content (AvgIpc) is 3.76. The maximum Gasteiger partial charge on any atom is 0.245 e. The molecule has 0 bridgehead atoms. The summed E-state index contributed by atoms with van der Waals surface area (Å²) in [7, 11) is 2.06. The number of para-hydroxylation sites is 1. The first kappa shape index (κ1) is 55.9. The van der Waals surface area contributed by atoms with E-state index in [2.05, 4.69) is 42.2 Å². The van der Waals surface area contributed by atoms with Crippen molar-refractivity contribution >= 4 is 73.8 Å². The summed E-state index contributed by atoms with van der Waals surface area (Å²) in [6.07, 6.45) is -0.156. The van der Waals surface area contributed by atoms with E-state index in [0.717, 1.165) is 38.1 Å². The number of unbranched alkanes of at least 4 members (excludes halogenated alkanes) is 1. The lowest BCUT2D eigenvalue weighted by atomic mass is 10.0. The maximum atomic E-state index is 14.7. The van der Waals surface area contributed by atoms with Crippen molar-refractivity contribution in [3.8, 4) is 0 Å². The number of benzene rings is 3. The number of rotatable bonds is 17. The molecule has 71 heavy (non-hydrogen) atoms. The lowest BCUT2D eigenvalue weighted by molar-refractivity contribution is -0.136. The van der Waals surface area contributed by atoms with E-state index < -0.39 is 108 Å². The molecule has 1 aromatic heterocycles. The van der Waals surface area contributed by atoms with Gasteiger partial charge in [0.15, 0.2) is 0 Å². The van der Waals surface area contributed by atoms with Gasteiger partial charge < -0.3 is 69.0 Å². The predicted molar refractivity (Wildman–Crippen MR) is 272 cm³/mol. The number of hydrogen-bond acceptors (Lipinski definition) is 14. The van der Waals surface area contributed by atoms with Crippen LogP contribution in [0.15, 0.2) is 91.1 Å². The summed E-state index contributed by atoms with van der Waals surface area (Å²) in [4.78, 5) is 103. The van der Waals surface area contributed by atoms with Crippen LogP contribution < -0.4 is 48.7 Å². The fourth-order valence-electron chi connectivity index (χ4n) is 7.73. The van der Waals surface area contributed by atoms with E-state index in [9.17, 15) is 48.9 Å². The smallest absolute Gasteiger partial charge is 0.245 e. The summed E-state index contributed by atoms with van der Waals surface area (Å²) in [5.41, 5.74) is 15.0. The van der Waals surface area contributed by atoms with Crippen LogP contribution in [0.4, 0.5) is 0 Å². The monoisotopic (exact) mass is 1020 g/mol. The van der Waals surface area contributed by atoms with Crippen LogP contribution >= 0.6 is 21.6 Å². The molecule has 22 heteroatoms. The molecule has 5 rings (SSSR count). The Morgan fingerprint density at radius 1 is 0.718 bits per heavy atom. The van der Waals surface area contributed by atoms with Gasteiger partial charge in [0.1, 0.15) is 36.3 Å². The molecular weight excluding hydrogens is 953 g/mol. The fraction of sp³-hybridized carbons (Fsp3) is 0.449. The molecule has 20 nitrogen and oxygen atoms in total. The highest BCUT2D eigenvalue weighted by Crippen LogP contribution is 2.24. The van der Waals surface area contributed by atoms with Gasteiger partial charge in [-0.15, -0.1) is 0 Å². The zero-order valence-electron chi connectivity index (χ0n) is 39.7. The Morgan fingerprint density at radius 3 is 1.96 bits per heavy atom. The van der Waals surface area contributed by atoms with E-state index in [-0.39, 0.29) is 43.7 Å². The van der Waals surface area contributed by atoms with Crippen LogP contribution in [0.25, 0.3) is 10.9 Å². The van der Waals surface area contributed by atoms with Crippen molar-refractivity contribution < 1.29 is 48.9 Å². The minimum absolute atomic E-state index is 0.0340. The Morgan fingerprint density at radius 2 is 1.31 bits per heavy atom. The van der Waals surface area contributed by atoms with Crippen LogP contribution in [-0.2, 0) is 52.8 Å². The molecule has 384 valence electrons. The van der Waals surface area contributed by atoms with E-state index in [4.69, 9.17) is 11.5 Å². The van der Waals surface area contributed by atoms with Gasteiger partial charge in [-0.1, -0.05) is 100 Å². The van der Waals surface area contributed by atoms with Gasteiger partial charge in [0, 0.05) is 41.4 Å². The lowest BCUT2D eigenvalue weighted by Gasteiger charge is -2.29. The maximum absolute atomic E-state index is 14.7. The summed E-state index contributed by atoms with van der Waals surface area (Å²) in [5, 5.41) is 50.5. The number of fused-ring (bicyclic) bond motifs is 1. The molecule has 2 heterocycles. The normalized spacial score (nSPS) is 22.8. The van der Waals surface area contributed by atoms with Gasteiger partial charge >= 0.3 is 0 Å². The number of amides is 7. The number of nitrogens with one attached hydrogen (secondary N) is 8. The second kappa shape index (κ2) is 28.1. The molecule has 3 unspecified atom stereocenters. The third-order valence-electron chi connectivity index (χ3n) is 11.9. The Kier molecular flexibility index (Phi) is 22.2. The first-order chi connectivity index (χ1) is 34.1. The standard InChI is InChI=1S/C49H66N10O10S2/c1-28(61)39(25-60)56-48(68)41-27-71-70-26-40(57-43(63)34(51)21-30-13-5-3-6-14-30)47(67)54-37(22-31-15-7-4-8-16-31)45(65)55-38(23-32-24-52-35-18-10-9-17-33(32)35)46(66)53-36(19-11-12-20-50)44(64)59-42(29(2)62)49(69)58-41/h3-10,13-18,24,28-29,34,36-42,52,60-62H,11-12,19-23,25-27,50-51H2,1-2H3,(H,53,66)(H,54,67)(H,55,65)(H,56,68)(H,57,63)(H,58,69)(H,59,64)/t28-,29-,34-,36+,37+,38?,39-,40?,41?,42+/m1/s1. The van der Waals surface area contributed by atoms with Crippen molar-refractivity contribution in [2.45, 2.75) is 113 Å². The highest BCUT2D eigenvalue weighted by molar-refractivity contribution is 8.76. The van der Waals surface area contributed by atoms with Crippen LogP contribution in [0.3, 0.4) is 0 Å².